The second-order valence-corrected chi connectivity index (χ2v) is 5.79. The predicted octanol–water partition coefficient (Wildman–Crippen LogP) is 3.23. The largest absolute Gasteiger partial charge is 0.482 e. The molecular weight excluding hydrogens is 334 g/mol. The minimum Gasteiger partial charge on any atom is -0.482 e. The zero-order valence-electron chi connectivity index (χ0n) is 13.9. The molecule has 2 amide bonds. The van der Waals surface area contributed by atoms with Crippen LogP contribution in [0.1, 0.15) is 16.2 Å². The number of nitrogens with one attached hydrogen (secondary N) is 2. The third-order valence-electron chi connectivity index (χ3n) is 3.90. The number of aromatic nitrogens is 1. The first kappa shape index (κ1) is 15.9. The molecule has 0 fully saturated rings. The number of benzene rings is 2. The second kappa shape index (κ2) is 6.36. The Kier molecular flexibility index (Phi) is 3.89. The van der Waals surface area contributed by atoms with Crippen LogP contribution in [-0.2, 0) is 4.79 Å². The summed E-state index contributed by atoms with van der Waals surface area (Å²) in [5.74, 6) is 0.749. The maximum atomic E-state index is 12.6. The molecule has 2 aromatic carbocycles. The molecule has 0 spiro atoms. The van der Waals surface area contributed by atoms with E-state index in [-0.39, 0.29) is 18.2 Å². The van der Waals surface area contributed by atoms with Gasteiger partial charge in [0.15, 0.2) is 12.3 Å². The van der Waals surface area contributed by atoms with Gasteiger partial charge >= 0.3 is 0 Å². The number of ether oxygens (including phenoxy) is 1. The van der Waals surface area contributed by atoms with Crippen LogP contribution in [0.5, 0.6) is 5.75 Å². The Morgan fingerprint density at radius 3 is 2.81 bits per heavy atom. The Morgan fingerprint density at radius 2 is 2.00 bits per heavy atom. The van der Waals surface area contributed by atoms with E-state index in [0.717, 1.165) is 5.56 Å². The first-order valence-electron chi connectivity index (χ1n) is 8.01. The minimum atomic E-state index is -0.392. The molecule has 1 aliphatic rings. The van der Waals surface area contributed by atoms with Crippen molar-refractivity contribution in [2.45, 2.75) is 6.92 Å². The number of oxazole rings is 1. The molecular formula is C19H15N3O4. The number of rotatable bonds is 3. The van der Waals surface area contributed by atoms with Gasteiger partial charge in [-0.25, -0.2) is 4.98 Å². The van der Waals surface area contributed by atoms with Crippen molar-refractivity contribution in [2.24, 2.45) is 0 Å². The highest BCUT2D eigenvalue weighted by molar-refractivity contribution is 6.04. The van der Waals surface area contributed by atoms with Gasteiger partial charge in [0.25, 0.3) is 11.8 Å². The van der Waals surface area contributed by atoms with Gasteiger partial charge in [-0.15, -0.1) is 0 Å². The van der Waals surface area contributed by atoms with Crippen LogP contribution in [0.4, 0.5) is 11.4 Å². The smallest absolute Gasteiger partial charge is 0.277 e. The molecule has 0 saturated heterocycles. The second-order valence-electron chi connectivity index (χ2n) is 5.79. The normalized spacial score (nSPS) is 12.7. The van der Waals surface area contributed by atoms with Crippen molar-refractivity contribution in [3.05, 3.63) is 60.0 Å². The van der Waals surface area contributed by atoms with E-state index in [0.29, 0.717) is 28.8 Å². The number of nitrogens with zero attached hydrogens (tertiary/aromatic N) is 1. The van der Waals surface area contributed by atoms with Crippen molar-refractivity contribution >= 4 is 23.2 Å². The lowest BCUT2D eigenvalue weighted by molar-refractivity contribution is -0.118. The Balaban J connectivity index is 1.57. The SMILES string of the molecule is Cc1oc(-c2ccccc2)nc1C(=O)Nc1ccc2c(c1)NC(=O)CO2. The number of hydrogen-bond acceptors (Lipinski definition) is 5. The van der Waals surface area contributed by atoms with Gasteiger partial charge in [-0.05, 0) is 37.3 Å². The third-order valence-corrected chi connectivity index (χ3v) is 3.90. The zero-order valence-corrected chi connectivity index (χ0v) is 13.9. The van der Waals surface area contributed by atoms with Gasteiger partial charge in [-0.1, -0.05) is 18.2 Å². The van der Waals surface area contributed by atoms with E-state index in [1.54, 1.807) is 25.1 Å². The lowest BCUT2D eigenvalue weighted by atomic mass is 10.2. The van der Waals surface area contributed by atoms with Gasteiger partial charge in [0.2, 0.25) is 5.89 Å². The van der Waals surface area contributed by atoms with Crippen molar-refractivity contribution in [1.82, 2.24) is 4.98 Å². The molecule has 2 heterocycles. The van der Waals surface area contributed by atoms with Crippen LogP contribution >= 0.6 is 0 Å². The summed E-state index contributed by atoms with van der Waals surface area (Å²) in [6, 6.07) is 14.4. The molecule has 2 N–H and O–H groups in total. The molecule has 7 nitrogen and oxygen atoms in total. The van der Waals surface area contributed by atoms with Gasteiger partial charge in [0, 0.05) is 11.3 Å². The molecule has 130 valence electrons. The molecule has 1 aliphatic heterocycles. The summed E-state index contributed by atoms with van der Waals surface area (Å²) >= 11 is 0. The van der Waals surface area contributed by atoms with Crippen molar-refractivity contribution in [3.8, 4) is 17.2 Å². The maximum Gasteiger partial charge on any atom is 0.277 e. The quantitative estimate of drug-likeness (QED) is 0.757. The summed E-state index contributed by atoms with van der Waals surface area (Å²) in [5.41, 5.74) is 2.04. The van der Waals surface area contributed by atoms with Crippen LogP contribution in [0, 0.1) is 6.92 Å². The molecule has 0 radical (unpaired) electrons. The first-order valence-corrected chi connectivity index (χ1v) is 8.01. The fourth-order valence-electron chi connectivity index (χ4n) is 2.66. The maximum absolute atomic E-state index is 12.6. The molecule has 0 aliphatic carbocycles. The zero-order chi connectivity index (χ0) is 18.1. The first-order chi connectivity index (χ1) is 12.6. The van der Waals surface area contributed by atoms with Crippen LogP contribution in [-0.4, -0.2) is 23.4 Å². The fourth-order valence-corrected chi connectivity index (χ4v) is 2.66. The molecule has 0 unspecified atom stereocenters. The molecule has 7 heteroatoms. The number of carbonyl (C=O) groups excluding carboxylic acids is 2. The molecule has 26 heavy (non-hydrogen) atoms. The van der Waals surface area contributed by atoms with Crippen LogP contribution in [0.3, 0.4) is 0 Å². The van der Waals surface area contributed by atoms with E-state index < -0.39 is 5.91 Å². The van der Waals surface area contributed by atoms with Crippen molar-refractivity contribution < 1.29 is 18.7 Å². The highest BCUT2D eigenvalue weighted by Gasteiger charge is 2.20. The van der Waals surface area contributed by atoms with Crippen LogP contribution in [0.2, 0.25) is 0 Å². The average molecular weight is 349 g/mol. The van der Waals surface area contributed by atoms with E-state index >= 15 is 0 Å². The van der Waals surface area contributed by atoms with Gasteiger partial charge < -0.3 is 19.8 Å². The monoisotopic (exact) mass is 349 g/mol. The summed E-state index contributed by atoms with van der Waals surface area (Å²) < 4.78 is 10.9. The van der Waals surface area contributed by atoms with Crippen LogP contribution in [0.25, 0.3) is 11.5 Å². The number of aryl methyl sites for hydroxylation is 1. The number of carbonyl (C=O) groups is 2. The molecule has 1 aromatic heterocycles. The van der Waals surface area contributed by atoms with Crippen LogP contribution in [0.15, 0.2) is 52.9 Å². The van der Waals surface area contributed by atoms with Crippen molar-refractivity contribution in [1.29, 1.82) is 0 Å². The standard InChI is InChI=1S/C19H15N3O4/c1-11-17(22-19(26-11)12-5-3-2-4-6-12)18(24)20-13-7-8-15-14(9-13)21-16(23)10-25-15/h2-9H,10H2,1H3,(H,20,24)(H,21,23). The summed E-state index contributed by atoms with van der Waals surface area (Å²) in [4.78, 5) is 28.3. The molecule has 0 saturated carbocycles. The van der Waals surface area contributed by atoms with Gasteiger partial charge in [0.1, 0.15) is 11.5 Å². The Hall–Kier alpha value is -3.61. The number of fused-ring (bicyclic) bond motifs is 1. The fraction of sp³-hybridized carbons (Fsp3) is 0.105. The molecule has 0 bridgehead atoms. The van der Waals surface area contributed by atoms with E-state index in [2.05, 4.69) is 15.6 Å². The summed E-state index contributed by atoms with van der Waals surface area (Å²) in [7, 11) is 0. The number of anilines is 2. The highest BCUT2D eigenvalue weighted by Crippen LogP contribution is 2.31. The summed E-state index contributed by atoms with van der Waals surface area (Å²) in [6.45, 7) is 1.67. The van der Waals surface area contributed by atoms with E-state index in [4.69, 9.17) is 9.15 Å². The topological polar surface area (TPSA) is 93.5 Å². The third kappa shape index (κ3) is 3.02. The Bertz CT molecular complexity index is 995. The predicted molar refractivity (Wildman–Crippen MR) is 95.2 cm³/mol. The number of amides is 2. The molecule has 3 aromatic rings. The van der Waals surface area contributed by atoms with Gasteiger partial charge in [0.05, 0.1) is 5.69 Å². The molecule has 0 atom stereocenters. The lowest BCUT2D eigenvalue weighted by Gasteiger charge is -2.18. The Labute approximate surface area is 149 Å². The average Bonchev–Trinajstić information content (AvgIpc) is 3.04. The van der Waals surface area contributed by atoms with E-state index in [1.165, 1.54) is 0 Å². The van der Waals surface area contributed by atoms with Gasteiger partial charge in [-0.3, -0.25) is 9.59 Å². The Morgan fingerprint density at radius 1 is 1.19 bits per heavy atom. The van der Waals surface area contributed by atoms with E-state index in [1.807, 2.05) is 30.3 Å². The number of hydrogen-bond donors (Lipinski definition) is 2. The highest BCUT2D eigenvalue weighted by atomic mass is 16.5. The summed E-state index contributed by atoms with van der Waals surface area (Å²) in [5, 5.41) is 5.46. The van der Waals surface area contributed by atoms with Crippen molar-refractivity contribution in [2.75, 3.05) is 17.2 Å². The van der Waals surface area contributed by atoms with Crippen molar-refractivity contribution in [3.63, 3.8) is 0 Å². The molecule has 4 rings (SSSR count). The van der Waals surface area contributed by atoms with Crippen LogP contribution < -0.4 is 15.4 Å². The lowest BCUT2D eigenvalue weighted by Crippen LogP contribution is -2.25. The minimum absolute atomic E-state index is 0.0148. The van der Waals surface area contributed by atoms with E-state index in [9.17, 15) is 9.59 Å². The van der Waals surface area contributed by atoms with Gasteiger partial charge in [-0.2, -0.15) is 0 Å². The summed E-state index contributed by atoms with van der Waals surface area (Å²) in [6.07, 6.45) is 0.